The van der Waals surface area contributed by atoms with Gasteiger partial charge in [-0.25, -0.2) is 13.2 Å². The molecule has 2 heterocycles. The summed E-state index contributed by atoms with van der Waals surface area (Å²) < 4.78 is 45.3. The molecule has 0 radical (unpaired) electrons. The van der Waals surface area contributed by atoms with Gasteiger partial charge >= 0.3 is 0 Å². The summed E-state index contributed by atoms with van der Waals surface area (Å²) in [5.41, 5.74) is -0.0609. The van der Waals surface area contributed by atoms with Gasteiger partial charge in [0.05, 0.1) is 6.54 Å². The Morgan fingerprint density at radius 3 is 2.71 bits per heavy atom. The van der Waals surface area contributed by atoms with Crippen LogP contribution in [0.15, 0.2) is 39.9 Å². The molecule has 1 aromatic heterocycles. The fourth-order valence-corrected chi connectivity index (χ4v) is 1.81. The summed E-state index contributed by atoms with van der Waals surface area (Å²) in [5, 5.41) is 3.65. The minimum absolute atomic E-state index is 0.150. The van der Waals surface area contributed by atoms with E-state index in [1.165, 1.54) is 0 Å². The maximum absolute atomic E-state index is 13.7. The van der Waals surface area contributed by atoms with Gasteiger partial charge in [-0.05, 0) is 18.2 Å². The molecule has 0 bridgehead atoms. The van der Waals surface area contributed by atoms with Crippen molar-refractivity contribution in [3.63, 3.8) is 0 Å². The lowest BCUT2D eigenvalue weighted by Gasteiger charge is -2.00. The fourth-order valence-electron chi connectivity index (χ4n) is 1.81. The molecule has 0 saturated heterocycles. The van der Waals surface area contributed by atoms with Crippen LogP contribution < -0.4 is 0 Å². The number of hydrogen-bond acceptors (Lipinski definition) is 4. The molecule has 0 unspecified atom stereocenters. The normalized spacial score (nSPS) is 14.1. The van der Waals surface area contributed by atoms with Gasteiger partial charge in [0.15, 0.2) is 11.6 Å². The van der Waals surface area contributed by atoms with E-state index in [0.29, 0.717) is 18.2 Å². The van der Waals surface area contributed by atoms with E-state index >= 15 is 0 Å². The van der Waals surface area contributed by atoms with Crippen LogP contribution in [0.1, 0.15) is 5.82 Å². The van der Waals surface area contributed by atoms with Gasteiger partial charge < -0.3 is 4.52 Å². The number of rotatable bonds is 2. The Bertz CT molecular complexity index is 778. The number of halogens is 3. The van der Waals surface area contributed by atoms with Gasteiger partial charge in [0.25, 0.3) is 5.89 Å². The Balaban J connectivity index is 2.03. The molecule has 0 spiro atoms. The second-order valence-corrected chi connectivity index (χ2v) is 4.21. The summed E-state index contributed by atoms with van der Waals surface area (Å²) in [5.74, 6) is -3.79. The van der Waals surface area contributed by atoms with Gasteiger partial charge in [0.1, 0.15) is 11.4 Å². The van der Waals surface area contributed by atoms with E-state index in [4.69, 9.17) is 4.52 Å². The average Bonchev–Trinajstić information content (AvgIpc) is 2.78. The van der Waals surface area contributed by atoms with Crippen molar-refractivity contribution in [2.45, 2.75) is 0 Å². The highest BCUT2D eigenvalue weighted by Gasteiger charge is 2.22. The van der Waals surface area contributed by atoms with Crippen LogP contribution in [0.2, 0.25) is 0 Å². The van der Waals surface area contributed by atoms with E-state index in [1.807, 2.05) is 0 Å². The minimum atomic E-state index is -1.36. The van der Waals surface area contributed by atoms with Gasteiger partial charge in [-0.15, -0.1) is 0 Å². The zero-order valence-corrected chi connectivity index (χ0v) is 10.6. The van der Waals surface area contributed by atoms with Gasteiger partial charge in [0, 0.05) is 11.8 Å². The molecular formula is C14H8F3N3O. The first kappa shape index (κ1) is 13.3. The van der Waals surface area contributed by atoms with Crippen LogP contribution in [0.25, 0.3) is 17.0 Å². The van der Waals surface area contributed by atoms with Crippen molar-refractivity contribution in [3.8, 4) is 11.5 Å². The molecule has 0 saturated carbocycles. The predicted molar refractivity (Wildman–Crippen MR) is 70.1 cm³/mol. The number of benzene rings is 1. The van der Waals surface area contributed by atoms with E-state index in [9.17, 15) is 13.2 Å². The maximum atomic E-state index is 13.7. The van der Waals surface area contributed by atoms with E-state index in [0.717, 1.165) is 6.07 Å². The van der Waals surface area contributed by atoms with Gasteiger partial charge in [-0.1, -0.05) is 17.3 Å². The molecule has 106 valence electrons. The Labute approximate surface area is 117 Å². The largest absolute Gasteiger partial charge is 0.333 e. The molecule has 0 fully saturated rings. The van der Waals surface area contributed by atoms with Crippen LogP contribution >= 0.6 is 0 Å². The number of allylic oxidation sites excluding steroid dienone is 3. The van der Waals surface area contributed by atoms with Crippen molar-refractivity contribution >= 4 is 11.8 Å². The van der Waals surface area contributed by atoms with Crippen LogP contribution in [0.3, 0.4) is 0 Å². The Kier molecular flexibility index (Phi) is 3.39. The molecule has 0 N–H and O–H groups in total. The predicted octanol–water partition coefficient (Wildman–Crippen LogP) is 3.18. The molecular weight excluding hydrogens is 283 g/mol. The van der Waals surface area contributed by atoms with E-state index < -0.39 is 28.9 Å². The lowest BCUT2D eigenvalue weighted by molar-refractivity contribution is 0.418. The standard InChI is InChI=1S/C14H8F3N3O/c15-9-4-5-10(16)12(17)11(9)14-19-13(20-21-14)8-3-1-2-6-18-7-8/h1-6H,7H2. The van der Waals surface area contributed by atoms with Crippen LogP contribution in [0, 0.1) is 17.5 Å². The monoisotopic (exact) mass is 291 g/mol. The fraction of sp³-hybridized carbons (Fsp3) is 0.0714. The summed E-state index contributed by atoms with van der Waals surface area (Å²) in [6.07, 6.45) is 6.77. The maximum Gasteiger partial charge on any atom is 0.264 e. The van der Waals surface area contributed by atoms with Crippen LogP contribution in [-0.2, 0) is 0 Å². The molecule has 4 nitrogen and oxygen atoms in total. The molecule has 0 aliphatic carbocycles. The Morgan fingerprint density at radius 2 is 1.86 bits per heavy atom. The number of hydrogen-bond donors (Lipinski definition) is 0. The zero-order chi connectivity index (χ0) is 14.8. The molecule has 2 aromatic rings. The van der Waals surface area contributed by atoms with Crippen LogP contribution in [0.5, 0.6) is 0 Å². The molecule has 1 aliphatic rings. The molecule has 0 amide bonds. The summed E-state index contributed by atoms with van der Waals surface area (Å²) in [7, 11) is 0. The van der Waals surface area contributed by atoms with Crippen molar-refractivity contribution in [1.29, 1.82) is 0 Å². The third-order valence-electron chi connectivity index (χ3n) is 2.83. The lowest BCUT2D eigenvalue weighted by Crippen LogP contribution is -1.95. The van der Waals surface area contributed by atoms with Gasteiger partial charge in [-0.2, -0.15) is 4.98 Å². The molecule has 0 atom stereocenters. The Morgan fingerprint density at radius 1 is 1.05 bits per heavy atom. The first-order valence-corrected chi connectivity index (χ1v) is 6.00. The molecule has 21 heavy (non-hydrogen) atoms. The van der Waals surface area contributed by atoms with E-state index in [1.54, 1.807) is 24.4 Å². The molecule has 1 aliphatic heterocycles. The highest BCUT2D eigenvalue weighted by molar-refractivity contribution is 5.77. The van der Waals surface area contributed by atoms with E-state index in [-0.39, 0.29) is 5.82 Å². The smallest absolute Gasteiger partial charge is 0.264 e. The lowest BCUT2D eigenvalue weighted by atomic mass is 10.2. The van der Waals surface area contributed by atoms with Gasteiger partial charge in [0.2, 0.25) is 5.82 Å². The Hall–Kier alpha value is -2.70. The number of nitrogens with zero attached hydrogens (tertiary/aromatic N) is 3. The summed E-state index contributed by atoms with van der Waals surface area (Å²) >= 11 is 0. The summed E-state index contributed by atoms with van der Waals surface area (Å²) in [4.78, 5) is 7.96. The summed E-state index contributed by atoms with van der Waals surface area (Å²) in [6.45, 7) is 0.306. The minimum Gasteiger partial charge on any atom is -0.333 e. The second-order valence-electron chi connectivity index (χ2n) is 4.21. The third-order valence-corrected chi connectivity index (χ3v) is 2.83. The topological polar surface area (TPSA) is 51.3 Å². The average molecular weight is 291 g/mol. The van der Waals surface area contributed by atoms with Gasteiger partial charge in [-0.3, -0.25) is 4.99 Å². The first-order valence-electron chi connectivity index (χ1n) is 6.00. The summed E-state index contributed by atoms with van der Waals surface area (Å²) in [6, 6.07) is 1.49. The molecule has 1 aromatic carbocycles. The third kappa shape index (κ3) is 2.49. The van der Waals surface area contributed by atoms with E-state index in [2.05, 4.69) is 15.1 Å². The quantitative estimate of drug-likeness (QED) is 0.798. The van der Waals surface area contributed by atoms with Crippen molar-refractivity contribution in [2.24, 2.45) is 4.99 Å². The van der Waals surface area contributed by atoms with Crippen molar-refractivity contribution in [2.75, 3.05) is 6.54 Å². The number of aromatic nitrogens is 2. The molecule has 7 heteroatoms. The van der Waals surface area contributed by atoms with Crippen LogP contribution in [-0.4, -0.2) is 22.9 Å². The second kappa shape index (κ2) is 5.35. The molecule has 3 rings (SSSR count). The number of aliphatic imine (C=N–C) groups is 1. The SMILES string of the molecule is Fc1ccc(F)c(-c2nc(C3=CC=CC=NC3)no2)c1F. The zero-order valence-electron chi connectivity index (χ0n) is 10.6. The van der Waals surface area contributed by atoms with Crippen molar-refractivity contribution in [3.05, 3.63) is 53.6 Å². The highest BCUT2D eigenvalue weighted by Crippen LogP contribution is 2.27. The van der Waals surface area contributed by atoms with Crippen molar-refractivity contribution < 1.29 is 17.7 Å². The highest BCUT2D eigenvalue weighted by atomic mass is 19.2. The first-order chi connectivity index (χ1) is 10.2. The van der Waals surface area contributed by atoms with Crippen LogP contribution in [0.4, 0.5) is 13.2 Å². The van der Waals surface area contributed by atoms with Crippen molar-refractivity contribution in [1.82, 2.24) is 10.1 Å².